The van der Waals surface area contributed by atoms with E-state index in [0.717, 1.165) is 127 Å². The van der Waals surface area contributed by atoms with Gasteiger partial charge >= 0.3 is 0 Å². The minimum Gasteiger partial charge on any atom is -0.369 e. The number of pyridine rings is 1. The molecule has 11 N–H and O–H groups in total. The lowest BCUT2D eigenvalue weighted by molar-refractivity contribution is -0.134. The molecule has 10 aromatic carbocycles. The molecule has 6 heterocycles. The van der Waals surface area contributed by atoms with Gasteiger partial charge in [0.25, 0.3) is 29.5 Å². The molecule has 11 aromatic rings. The molecule has 4 aliphatic carbocycles. The van der Waals surface area contributed by atoms with Gasteiger partial charge in [-0.05, 0) is 166 Å². The summed E-state index contributed by atoms with van der Waals surface area (Å²) in [4.78, 5) is 151. The monoisotopic (exact) mass is 2080 g/mol. The number of rotatable bonds is 32. The van der Waals surface area contributed by atoms with E-state index in [0.29, 0.717) is 81.9 Å². The van der Waals surface area contributed by atoms with Crippen LogP contribution in [0.4, 0.5) is 4.39 Å². The first-order valence-corrected chi connectivity index (χ1v) is 53.0. The summed E-state index contributed by atoms with van der Waals surface area (Å²) in [6, 6.07) is 87.6. The van der Waals surface area contributed by atoms with E-state index in [1.165, 1.54) is 89.7 Å². The van der Waals surface area contributed by atoms with Gasteiger partial charge in [0.1, 0.15) is 23.7 Å². The molecule has 4 fully saturated rings. The van der Waals surface area contributed by atoms with Gasteiger partial charge < -0.3 is 34.0 Å². The molecule has 9 aliphatic rings. The second-order valence-corrected chi connectivity index (χ2v) is 41.7. The minimum atomic E-state index is -1.27. The fourth-order valence-corrected chi connectivity index (χ4v) is 22.7. The number of nitrogens with zero attached hydrogens (tertiary/aromatic N) is 11. The van der Waals surface area contributed by atoms with Gasteiger partial charge in [0, 0.05) is 57.2 Å². The highest BCUT2D eigenvalue weighted by atomic mass is 35.5. The number of carbonyl (C=O) groups is 9. The van der Waals surface area contributed by atoms with Crippen LogP contribution >= 0.6 is 34.8 Å². The molecule has 0 saturated heterocycles. The van der Waals surface area contributed by atoms with Gasteiger partial charge in [0.2, 0.25) is 11.9 Å². The van der Waals surface area contributed by atoms with Gasteiger partial charge in [0.05, 0.1) is 34.6 Å². The maximum atomic E-state index is 14.1. The molecule has 0 spiro atoms. The normalized spacial score (nSPS) is 20.1. The number of likely N-dealkylation sites (N-methyl/N-ethyl adjacent to an activating group) is 2. The minimum absolute atomic E-state index is 0.0236. The highest BCUT2D eigenvalue weighted by molar-refractivity contribution is 6.42. The van der Waals surface area contributed by atoms with E-state index in [-0.39, 0.29) is 114 Å². The van der Waals surface area contributed by atoms with Crippen LogP contribution in [0.15, 0.2) is 316 Å². The average Bonchev–Trinajstić information content (AvgIpc) is 1.60. The van der Waals surface area contributed by atoms with Crippen LogP contribution in [0.1, 0.15) is 221 Å². The van der Waals surface area contributed by atoms with Crippen molar-refractivity contribution in [3.8, 4) is 11.1 Å². The van der Waals surface area contributed by atoms with Crippen molar-refractivity contribution in [2.75, 3.05) is 27.2 Å². The highest BCUT2D eigenvalue weighted by Gasteiger charge is 2.59. The predicted molar refractivity (Wildman–Crippen MR) is 586 cm³/mol. The standard InChI is InChI=1S/C31H33N3O2.C29H41N3O3.C22H17Cl2N3O.C20H22N4O2.C18H16ClFN4O/c32-30-33-31(26-14-3-1-4-15-26,27-16-5-2-6-17-27)29(36)34(30)22-25-13-9-12-24(20-25)21-28(35)19-18-23-10-7-8-11-23;1-32-27(35)29(31-28(32)30,16-15-21-9-4-2-5-10-21)20-23-12-8-11-22(17-23)18-25(33)19-26(34)24-13-6-3-7-14-24;23-18-12-11-15(13-19(18)24)14-27-20(28)22(26-21(27)25,16-7-3-1-4-8-16)17-9-5-2-6-10-17;1-2-13-22-17(25)14-24-18(26)20(23-19(24)21,15-9-5-3-6-10-15)16-11-7-4-8-12-16;1-24-16(25)18(11-5-6-11,23-17(24)21)12-4-2-3-10(7-12)14-8-13(19)9-22-15(14)20/h1-6,9,12-17,20,23H,7-8,10-11,18-19,21-22H2,(H2,32,33);3,6-7,13-14,21-23H,2,4-5,8-12,15-20H2,1H3,(H2,30,31);1-13H,14H2,(H2,25,26);3-12H,2,13-14H2,1H3,(H2,21,23)(H,22,25);2-4,7-9,11H,5-6H2,1H3,(H2,21,23)/t;22-,23+,29-;;;18-/m.1..1/s1. The Labute approximate surface area is 890 Å². The van der Waals surface area contributed by atoms with Crippen LogP contribution in [0, 0.1) is 35.5 Å². The average molecular weight is 2080 g/mol. The zero-order valence-electron chi connectivity index (χ0n) is 84.9. The summed E-state index contributed by atoms with van der Waals surface area (Å²) >= 11 is 18.1. The number of hydrogen-bond acceptors (Lipinski definition) is 20. The van der Waals surface area contributed by atoms with Gasteiger partial charge in [-0.3, -0.25) is 67.7 Å². The number of ketones is 3. The van der Waals surface area contributed by atoms with Crippen molar-refractivity contribution < 1.29 is 47.5 Å². The zero-order valence-corrected chi connectivity index (χ0v) is 87.2. The van der Waals surface area contributed by atoms with Crippen molar-refractivity contribution in [1.29, 1.82) is 0 Å². The molecular formula is C120H129Cl3FN17O9. The lowest BCUT2D eigenvalue weighted by Crippen LogP contribution is -2.48. The molecule has 0 radical (unpaired) electrons. The smallest absolute Gasteiger partial charge is 0.267 e. The Kier molecular flexibility index (Phi) is 35.1. The Morgan fingerprint density at radius 1 is 0.420 bits per heavy atom. The number of carbonyl (C=O) groups excluding carboxylic acids is 9. The quantitative estimate of drug-likeness (QED) is 0.0130. The summed E-state index contributed by atoms with van der Waals surface area (Å²) in [7, 11) is 3.35. The molecule has 4 saturated carbocycles. The molecular weight excluding hydrogens is 1950 g/mol. The lowest BCUT2D eigenvalue weighted by atomic mass is 9.71. The van der Waals surface area contributed by atoms with Crippen molar-refractivity contribution in [1.82, 2.24) is 34.8 Å². The van der Waals surface area contributed by atoms with Crippen LogP contribution in [0.3, 0.4) is 0 Å². The van der Waals surface area contributed by atoms with Crippen LogP contribution < -0.4 is 34.0 Å². The molecule has 30 heteroatoms. The van der Waals surface area contributed by atoms with E-state index >= 15 is 0 Å². The molecule has 776 valence electrons. The highest BCUT2D eigenvalue weighted by Crippen LogP contribution is 2.53. The van der Waals surface area contributed by atoms with E-state index in [9.17, 15) is 47.5 Å². The summed E-state index contributed by atoms with van der Waals surface area (Å²) < 4.78 is 14.1. The molecule has 26 nitrogen and oxygen atoms in total. The Morgan fingerprint density at radius 3 is 1.35 bits per heavy atom. The van der Waals surface area contributed by atoms with Crippen LogP contribution in [0.25, 0.3) is 11.1 Å². The van der Waals surface area contributed by atoms with Crippen molar-refractivity contribution in [3.05, 3.63) is 374 Å². The Morgan fingerprint density at radius 2 is 0.867 bits per heavy atom. The Bertz CT molecular complexity index is 6740. The number of guanidine groups is 5. The number of Topliss-reactive ketones (excluding diaryl/α,β-unsaturated/α-hetero) is 3. The van der Waals surface area contributed by atoms with Gasteiger partial charge in [-0.15, -0.1) is 0 Å². The summed E-state index contributed by atoms with van der Waals surface area (Å²) in [6.07, 6.45) is 24.5. The molecule has 0 unspecified atom stereocenters. The van der Waals surface area contributed by atoms with E-state index in [4.69, 9.17) is 73.5 Å². The number of nitrogens with two attached hydrogens (primary N) is 5. The molecule has 5 aliphatic heterocycles. The largest absolute Gasteiger partial charge is 0.369 e. The van der Waals surface area contributed by atoms with E-state index in [1.807, 2.05) is 244 Å². The van der Waals surface area contributed by atoms with Crippen LogP contribution in [0.5, 0.6) is 0 Å². The number of aromatic nitrogens is 1. The molecule has 150 heavy (non-hydrogen) atoms. The number of nitrogens with one attached hydrogen (secondary N) is 1. The second-order valence-electron chi connectivity index (χ2n) is 40.4. The summed E-state index contributed by atoms with van der Waals surface area (Å²) in [5.41, 5.74) is 34.8. The van der Waals surface area contributed by atoms with Gasteiger partial charge in [-0.2, -0.15) is 4.39 Å². The fraction of sp³-hybridized carbons (Fsp3) is 0.342. The van der Waals surface area contributed by atoms with Crippen LogP contribution in [-0.2, 0) is 80.0 Å². The maximum Gasteiger partial charge on any atom is 0.267 e. The Balaban J connectivity index is 0.000000134. The SMILES string of the molecule is CCCNC(=O)CN1C(=O)C(c2ccccc2)(c2ccccc2)N=C1N.CN1C(=O)[C@@](CCC2CCCCC2)(C[C@H]2CCC[C@@H](CC(=O)CC(=O)c3ccccc3)C2)N=C1N.CN1C(=O)[C@](c2cccc(-c3cc(Cl)cnc3F)c2)(C2CC2)N=C1N.NC1=NC(c2ccccc2)(c2ccccc2)C(=O)N1Cc1ccc(Cl)c(Cl)c1.NC1=NC(c2ccccc2)(c2ccccc2)C(=O)N1Cc1cccc(CC(=O)CCC2CCCC2)c1. The van der Waals surface area contributed by atoms with Crippen LogP contribution in [-0.4, -0.2) is 145 Å². The third-order valence-electron chi connectivity index (χ3n) is 30.1. The van der Waals surface area contributed by atoms with Crippen molar-refractivity contribution in [2.24, 2.45) is 83.2 Å². The number of amides is 6. The fourth-order valence-electron chi connectivity index (χ4n) is 22.2. The number of benzene rings is 10. The summed E-state index contributed by atoms with van der Waals surface area (Å²) in [6.45, 7) is 2.94. The molecule has 4 atom stereocenters. The first kappa shape index (κ1) is 108. The summed E-state index contributed by atoms with van der Waals surface area (Å²) in [5, 5.41) is 4.00. The molecule has 0 bridgehead atoms. The molecule has 6 amide bonds. The van der Waals surface area contributed by atoms with E-state index in [1.54, 1.807) is 61.5 Å². The number of aliphatic imine (C=N–C) groups is 5. The predicted octanol–water partition coefficient (Wildman–Crippen LogP) is 19.8. The second kappa shape index (κ2) is 48.7. The third-order valence-corrected chi connectivity index (χ3v) is 31.1. The van der Waals surface area contributed by atoms with Crippen molar-refractivity contribution >= 4 is 117 Å². The third kappa shape index (κ3) is 24.2. The lowest BCUT2D eigenvalue weighted by Gasteiger charge is -2.35. The van der Waals surface area contributed by atoms with Gasteiger partial charge in [-0.25, -0.2) is 29.9 Å². The molecule has 20 rings (SSSR count). The first-order valence-electron chi connectivity index (χ1n) is 51.9. The zero-order chi connectivity index (χ0) is 106. The van der Waals surface area contributed by atoms with Crippen molar-refractivity contribution in [2.45, 2.75) is 202 Å². The van der Waals surface area contributed by atoms with E-state index in [2.05, 4.69) is 25.3 Å². The van der Waals surface area contributed by atoms with Crippen molar-refractivity contribution in [3.63, 3.8) is 0 Å². The topological polar surface area (TPSA) is 387 Å². The molecule has 1 aromatic heterocycles. The summed E-state index contributed by atoms with van der Waals surface area (Å²) in [5.74, 6) is 1.65. The number of halogens is 4. The first-order chi connectivity index (χ1) is 72.5. The number of hydrogen-bond donors (Lipinski definition) is 6. The van der Waals surface area contributed by atoms with Crippen LogP contribution in [0.2, 0.25) is 15.1 Å². The van der Waals surface area contributed by atoms with Gasteiger partial charge in [0.15, 0.2) is 57.7 Å². The Hall–Kier alpha value is -14.7. The maximum absolute atomic E-state index is 14.1. The van der Waals surface area contributed by atoms with E-state index < -0.39 is 33.6 Å². The van der Waals surface area contributed by atoms with Gasteiger partial charge in [-0.1, -0.05) is 380 Å².